The van der Waals surface area contributed by atoms with E-state index in [1.165, 1.54) is 12.1 Å². The fraction of sp³-hybridized carbons (Fsp3) is 0.133. The summed E-state index contributed by atoms with van der Waals surface area (Å²) in [5.41, 5.74) is 0.948. The SMILES string of the molecule is NS(=O)(=O)c1c(Cl)ccc(NC(=O)NCCc2ccccc2)c1O. The number of nitrogens with one attached hydrogen (secondary N) is 2. The molecule has 0 aliphatic rings. The zero-order chi connectivity index (χ0) is 17.7. The van der Waals surface area contributed by atoms with Crippen molar-refractivity contribution in [2.45, 2.75) is 11.3 Å². The number of carbonyl (C=O) groups is 1. The summed E-state index contributed by atoms with van der Waals surface area (Å²) in [6, 6.07) is 11.5. The molecule has 9 heteroatoms. The third-order valence-electron chi connectivity index (χ3n) is 3.16. The molecule has 2 aromatic carbocycles. The van der Waals surface area contributed by atoms with E-state index in [2.05, 4.69) is 10.6 Å². The number of aromatic hydroxyl groups is 1. The second kappa shape index (κ2) is 7.52. The molecular weight excluding hydrogens is 354 g/mol. The molecule has 0 bridgehead atoms. The lowest BCUT2D eigenvalue weighted by Gasteiger charge is -2.12. The number of urea groups is 1. The van der Waals surface area contributed by atoms with Crippen molar-refractivity contribution >= 4 is 33.3 Å². The molecule has 0 aromatic heterocycles. The Hall–Kier alpha value is -2.29. The van der Waals surface area contributed by atoms with Crippen LogP contribution in [-0.2, 0) is 16.4 Å². The Bertz CT molecular complexity index is 841. The topological polar surface area (TPSA) is 122 Å². The summed E-state index contributed by atoms with van der Waals surface area (Å²) in [6.07, 6.45) is 0.628. The van der Waals surface area contributed by atoms with Gasteiger partial charge in [0.1, 0.15) is 4.90 Å². The molecule has 128 valence electrons. The number of benzene rings is 2. The van der Waals surface area contributed by atoms with Gasteiger partial charge in [-0.2, -0.15) is 0 Å². The largest absolute Gasteiger partial charge is 0.504 e. The zero-order valence-electron chi connectivity index (χ0n) is 12.5. The number of phenols is 1. The van der Waals surface area contributed by atoms with Crippen LogP contribution in [0.3, 0.4) is 0 Å². The van der Waals surface area contributed by atoms with Gasteiger partial charge in [-0.05, 0) is 24.1 Å². The molecule has 24 heavy (non-hydrogen) atoms. The smallest absolute Gasteiger partial charge is 0.319 e. The van der Waals surface area contributed by atoms with Crippen molar-refractivity contribution in [1.82, 2.24) is 5.32 Å². The van der Waals surface area contributed by atoms with Crippen molar-refractivity contribution in [3.05, 3.63) is 53.1 Å². The zero-order valence-corrected chi connectivity index (χ0v) is 14.1. The third-order valence-corrected chi connectivity index (χ3v) is 4.57. The Morgan fingerprint density at radius 1 is 1.17 bits per heavy atom. The minimum absolute atomic E-state index is 0.111. The molecule has 5 N–H and O–H groups in total. The van der Waals surface area contributed by atoms with E-state index in [0.717, 1.165) is 5.56 Å². The van der Waals surface area contributed by atoms with Gasteiger partial charge in [0.15, 0.2) is 5.75 Å². The van der Waals surface area contributed by atoms with E-state index < -0.39 is 26.7 Å². The molecule has 7 nitrogen and oxygen atoms in total. The minimum atomic E-state index is -4.23. The quantitative estimate of drug-likeness (QED) is 0.602. The Morgan fingerprint density at radius 2 is 1.83 bits per heavy atom. The number of amides is 2. The Labute approximate surface area is 144 Å². The molecule has 2 amide bonds. The molecule has 0 atom stereocenters. The molecular formula is C15H16ClN3O4S. The Balaban J connectivity index is 2.02. The van der Waals surface area contributed by atoms with Gasteiger partial charge < -0.3 is 15.7 Å². The lowest BCUT2D eigenvalue weighted by atomic mass is 10.1. The van der Waals surface area contributed by atoms with Crippen molar-refractivity contribution in [2.24, 2.45) is 5.14 Å². The number of rotatable bonds is 5. The van der Waals surface area contributed by atoms with Crippen LogP contribution in [0.4, 0.5) is 10.5 Å². The van der Waals surface area contributed by atoms with Gasteiger partial charge in [0.05, 0.1) is 10.7 Å². The first-order valence-corrected chi connectivity index (χ1v) is 8.84. The van der Waals surface area contributed by atoms with Crippen LogP contribution in [0.5, 0.6) is 5.75 Å². The summed E-state index contributed by atoms with van der Waals surface area (Å²) in [7, 11) is -4.23. The molecule has 0 saturated carbocycles. The van der Waals surface area contributed by atoms with Gasteiger partial charge in [0.25, 0.3) is 0 Å². The maximum atomic E-state index is 11.9. The molecule has 0 aliphatic heterocycles. The van der Waals surface area contributed by atoms with Crippen molar-refractivity contribution in [3.63, 3.8) is 0 Å². The summed E-state index contributed by atoms with van der Waals surface area (Å²) in [6.45, 7) is 0.367. The van der Waals surface area contributed by atoms with Gasteiger partial charge in [-0.3, -0.25) is 0 Å². The van der Waals surface area contributed by atoms with Crippen LogP contribution in [0.15, 0.2) is 47.4 Å². The maximum Gasteiger partial charge on any atom is 0.319 e. The fourth-order valence-corrected chi connectivity index (χ4v) is 3.24. The van der Waals surface area contributed by atoms with Crippen LogP contribution < -0.4 is 15.8 Å². The summed E-state index contributed by atoms with van der Waals surface area (Å²) >= 11 is 5.73. The van der Waals surface area contributed by atoms with Gasteiger partial charge in [-0.25, -0.2) is 18.4 Å². The highest BCUT2D eigenvalue weighted by Crippen LogP contribution is 2.35. The Morgan fingerprint density at radius 3 is 2.46 bits per heavy atom. The van der Waals surface area contributed by atoms with Crippen LogP contribution in [0.25, 0.3) is 0 Å². The standard InChI is InChI=1S/C15H16ClN3O4S/c16-11-6-7-12(13(20)14(11)24(17,22)23)19-15(21)18-9-8-10-4-2-1-3-5-10/h1-7,20H,8-9H2,(H2,17,22,23)(H2,18,19,21). The lowest BCUT2D eigenvalue weighted by Crippen LogP contribution is -2.30. The van der Waals surface area contributed by atoms with Crippen LogP contribution in [-0.4, -0.2) is 26.1 Å². The highest BCUT2D eigenvalue weighted by atomic mass is 35.5. The number of sulfonamides is 1. The van der Waals surface area contributed by atoms with Gasteiger partial charge in [0, 0.05) is 6.54 Å². The minimum Gasteiger partial charge on any atom is -0.504 e. The predicted octanol–water partition coefficient (Wildman–Crippen LogP) is 2.06. The lowest BCUT2D eigenvalue weighted by molar-refractivity contribution is 0.252. The van der Waals surface area contributed by atoms with Crippen LogP contribution in [0.2, 0.25) is 5.02 Å². The van der Waals surface area contributed by atoms with E-state index in [4.69, 9.17) is 16.7 Å². The first kappa shape index (κ1) is 18.1. The number of anilines is 1. The monoisotopic (exact) mass is 369 g/mol. The van der Waals surface area contributed by atoms with Crippen molar-refractivity contribution in [2.75, 3.05) is 11.9 Å². The fourth-order valence-electron chi connectivity index (χ4n) is 2.05. The molecule has 0 radical (unpaired) electrons. The van der Waals surface area contributed by atoms with E-state index in [1.54, 1.807) is 0 Å². The van der Waals surface area contributed by atoms with Crippen LogP contribution in [0.1, 0.15) is 5.56 Å². The van der Waals surface area contributed by atoms with Crippen molar-refractivity contribution < 1.29 is 18.3 Å². The number of hydrogen-bond donors (Lipinski definition) is 4. The van der Waals surface area contributed by atoms with E-state index in [9.17, 15) is 18.3 Å². The number of hydrogen-bond acceptors (Lipinski definition) is 4. The summed E-state index contributed by atoms with van der Waals surface area (Å²) < 4.78 is 22.9. The molecule has 2 aromatic rings. The Kier molecular flexibility index (Phi) is 5.66. The summed E-state index contributed by atoms with van der Waals surface area (Å²) in [4.78, 5) is 11.2. The van der Waals surface area contributed by atoms with Crippen LogP contribution >= 0.6 is 11.6 Å². The summed E-state index contributed by atoms with van der Waals surface area (Å²) in [5, 5.41) is 19.7. The molecule has 0 aliphatic carbocycles. The second-order valence-corrected chi connectivity index (χ2v) is 6.84. The number of primary sulfonamides is 1. The predicted molar refractivity (Wildman–Crippen MR) is 91.7 cm³/mol. The van der Waals surface area contributed by atoms with E-state index in [0.29, 0.717) is 13.0 Å². The highest BCUT2D eigenvalue weighted by molar-refractivity contribution is 7.89. The van der Waals surface area contributed by atoms with Gasteiger partial charge in [-0.1, -0.05) is 41.9 Å². The van der Waals surface area contributed by atoms with Crippen molar-refractivity contribution in [3.8, 4) is 5.75 Å². The van der Waals surface area contributed by atoms with Crippen LogP contribution in [0, 0.1) is 0 Å². The van der Waals surface area contributed by atoms with E-state index in [-0.39, 0.29) is 10.7 Å². The molecule has 0 unspecified atom stereocenters. The average molecular weight is 370 g/mol. The average Bonchev–Trinajstić information content (AvgIpc) is 2.50. The van der Waals surface area contributed by atoms with Crippen molar-refractivity contribution in [1.29, 1.82) is 0 Å². The third kappa shape index (κ3) is 4.60. The second-order valence-electron chi connectivity index (χ2n) is 4.93. The van der Waals surface area contributed by atoms with Gasteiger partial charge in [-0.15, -0.1) is 0 Å². The molecule has 0 saturated heterocycles. The maximum absolute atomic E-state index is 11.9. The first-order valence-electron chi connectivity index (χ1n) is 6.92. The molecule has 0 heterocycles. The molecule has 0 spiro atoms. The first-order chi connectivity index (χ1) is 11.3. The highest BCUT2D eigenvalue weighted by Gasteiger charge is 2.22. The number of carbonyl (C=O) groups excluding carboxylic acids is 1. The molecule has 2 rings (SSSR count). The van der Waals surface area contributed by atoms with E-state index >= 15 is 0 Å². The number of nitrogens with two attached hydrogens (primary N) is 1. The van der Waals surface area contributed by atoms with E-state index in [1.807, 2.05) is 30.3 Å². The van der Waals surface area contributed by atoms with Gasteiger partial charge >= 0.3 is 6.03 Å². The normalized spacial score (nSPS) is 11.1. The number of phenolic OH excluding ortho intramolecular Hbond substituents is 1. The van der Waals surface area contributed by atoms with Gasteiger partial charge in [0.2, 0.25) is 10.0 Å². The molecule has 0 fully saturated rings. The summed E-state index contributed by atoms with van der Waals surface area (Å²) in [5.74, 6) is -0.705. The number of halogens is 1.